The molecule has 7 heteroatoms. The SMILES string of the molecule is O=C(CNC(=O)C(=O)NCc1ccccc1)Nc1ccccc1Oc1ccccc1. The molecular weight excluding hydrogens is 382 g/mol. The van der Waals surface area contributed by atoms with E-state index in [2.05, 4.69) is 16.0 Å². The monoisotopic (exact) mass is 403 g/mol. The van der Waals surface area contributed by atoms with Gasteiger partial charge in [-0.2, -0.15) is 0 Å². The zero-order valence-electron chi connectivity index (χ0n) is 16.1. The lowest BCUT2D eigenvalue weighted by molar-refractivity contribution is -0.139. The highest BCUT2D eigenvalue weighted by atomic mass is 16.5. The van der Waals surface area contributed by atoms with Crippen LogP contribution in [0.1, 0.15) is 5.56 Å². The fourth-order valence-corrected chi connectivity index (χ4v) is 2.57. The summed E-state index contributed by atoms with van der Waals surface area (Å²) in [6.45, 7) is -0.124. The third-order valence-electron chi connectivity index (χ3n) is 4.04. The number of rotatable bonds is 7. The second-order valence-corrected chi connectivity index (χ2v) is 6.31. The number of hydrogen-bond donors (Lipinski definition) is 3. The van der Waals surface area contributed by atoms with E-state index in [0.717, 1.165) is 5.56 Å². The first kappa shape index (κ1) is 20.6. The Balaban J connectivity index is 1.48. The fourth-order valence-electron chi connectivity index (χ4n) is 2.57. The van der Waals surface area contributed by atoms with E-state index >= 15 is 0 Å². The molecular formula is C23H21N3O4. The van der Waals surface area contributed by atoms with Gasteiger partial charge in [0.05, 0.1) is 12.2 Å². The minimum absolute atomic E-state index is 0.226. The minimum atomic E-state index is -0.880. The zero-order chi connectivity index (χ0) is 21.2. The van der Waals surface area contributed by atoms with Crippen molar-refractivity contribution in [3.63, 3.8) is 0 Å². The predicted molar refractivity (Wildman–Crippen MR) is 113 cm³/mol. The first-order valence-electron chi connectivity index (χ1n) is 9.33. The highest BCUT2D eigenvalue weighted by molar-refractivity contribution is 6.35. The maximum atomic E-state index is 12.2. The van der Waals surface area contributed by atoms with Gasteiger partial charge < -0.3 is 20.7 Å². The Labute approximate surface area is 174 Å². The Bertz CT molecular complexity index is 1010. The van der Waals surface area contributed by atoms with E-state index < -0.39 is 17.7 Å². The molecule has 30 heavy (non-hydrogen) atoms. The van der Waals surface area contributed by atoms with Crippen LogP contribution in [-0.2, 0) is 20.9 Å². The predicted octanol–water partition coefficient (Wildman–Crippen LogP) is 2.85. The van der Waals surface area contributed by atoms with Crippen molar-refractivity contribution in [3.05, 3.63) is 90.5 Å². The molecule has 0 unspecified atom stereocenters. The zero-order valence-corrected chi connectivity index (χ0v) is 16.1. The van der Waals surface area contributed by atoms with Gasteiger partial charge in [0.1, 0.15) is 5.75 Å². The number of benzene rings is 3. The second-order valence-electron chi connectivity index (χ2n) is 6.31. The molecule has 152 valence electrons. The lowest BCUT2D eigenvalue weighted by Gasteiger charge is -2.12. The van der Waals surface area contributed by atoms with Gasteiger partial charge in [0.25, 0.3) is 0 Å². The number of hydrogen-bond acceptors (Lipinski definition) is 4. The number of nitrogens with one attached hydrogen (secondary N) is 3. The molecule has 0 radical (unpaired) electrons. The van der Waals surface area contributed by atoms with Crippen molar-refractivity contribution in [1.82, 2.24) is 10.6 Å². The maximum Gasteiger partial charge on any atom is 0.309 e. The van der Waals surface area contributed by atoms with Crippen molar-refractivity contribution in [2.75, 3.05) is 11.9 Å². The highest BCUT2D eigenvalue weighted by Crippen LogP contribution is 2.28. The molecule has 0 aliphatic rings. The molecule has 0 heterocycles. The van der Waals surface area contributed by atoms with Crippen LogP contribution in [0.4, 0.5) is 5.69 Å². The van der Waals surface area contributed by atoms with Crippen LogP contribution in [0.2, 0.25) is 0 Å². The Morgan fingerprint density at radius 1 is 0.700 bits per heavy atom. The van der Waals surface area contributed by atoms with Gasteiger partial charge in [-0.25, -0.2) is 0 Å². The number of carbonyl (C=O) groups is 3. The van der Waals surface area contributed by atoms with Gasteiger partial charge in [0.2, 0.25) is 5.91 Å². The number of amides is 3. The molecule has 3 amide bonds. The van der Waals surface area contributed by atoms with Gasteiger partial charge in [0.15, 0.2) is 5.75 Å². The van der Waals surface area contributed by atoms with E-state index in [-0.39, 0.29) is 13.1 Å². The van der Waals surface area contributed by atoms with E-state index in [0.29, 0.717) is 17.2 Å². The van der Waals surface area contributed by atoms with Crippen molar-refractivity contribution in [1.29, 1.82) is 0 Å². The minimum Gasteiger partial charge on any atom is -0.455 e. The van der Waals surface area contributed by atoms with Gasteiger partial charge in [-0.1, -0.05) is 60.7 Å². The third-order valence-corrected chi connectivity index (χ3v) is 4.04. The highest BCUT2D eigenvalue weighted by Gasteiger charge is 2.15. The van der Waals surface area contributed by atoms with Crippen molar-refractivity contribution >= 4 is 23.4 Å². The molecule has 3 aromatic rings. The molecule has 0 saturated carbocycles. The molecule has 0 atom stereocenters. The van der Waals surface area contributed by atoms with E-state index in [4.69, 9.17) is 4.74 Å². The lowest BCUT2D eigenvalue weighted by atomic mass is 10.2. The summed E-state index contributed by atoms with van der Waals surface area (Å²) >= 11 is 0. The number of ether oxygens (including phenoxy) is 1. The van der Waals surface area contributed by atoms with E-state index in [1.165, 1.54) is 0 Å². The molecule has 0 bridgehead atoms. The van der Waals surface area contributed by atoms with E-state index in [1.807, 2.05) is 48.5 Å². The van der Waals surface area contributed by atoms with Crippen LogP contribution in [0.5, 0.6) is 11.5 Å². The van der Waals surface area contributed by atoms with Crippen molar-refractivity contribution in [2.45, 2.75) is 6.54 Å². The van der Waals surface area contributed by atoms with Gasteiger partial charge >= 0.3 is 11.8 Å². The van der Waals surface area contributed by atoms with Gasteiger partial charge in [-0.3, -0.25) is 14.4 Å². The average molecular weight is 403 g/mol. The van der Waals surface area contributed by atoms with Crippen LogP contribution >= 0.6 is 0 Å². The average Bonchev–Trinajstić information content (AvgIpc) is 2.78. The van der Waals surface area contributed by atoms with Gasteiger partial charge in [0, 0.05) is 6.54 Å². The quantitative estimate of drug-likeness (QED) is 0.529. The Morgan fingerprint density at radius 2 is 1.30 bits per heavy atom. The summed E-state index contributed by atoms with van der Waals surface area (Å²) in [5, 5.41) is 7.48. The van der Waals surface area contributed by atoms with Crippen molar-refractivity contribution in [2.24, 2.45) is 0 Å². The smallest absolute Gasteiger partial charge is 0.309 e. The normalized spacial score (nSPS) is 10.0. The van der Waals surface area contributed by atoms with Crippen LogP contribution in [0.25, 0.3) is 0 Å². The molecule has 0 aliphatic carbocycles. The van der Waals surface area contributed by atoms with Crippen LogP contribution in [-0.4, -0.2) is 24.3 Å². The summed E-state index contributed by atoms with van der Waals surface area (Å²) in [7, 11) is 0. The summed E-state index contributed by atoms with van der Waals surface area (Å²) in [4.78, 5) is 36.0. The van der Waals surface area contributed by atoms with Crippen LogP contribution in [0, 0.1) is 0 Å². The second kappa shape index (κ2) is 10.4. The molecule has 3 rings (SSSR count). The van der Waals surface area contributed by atoms with E-state index in [1.54, 1.807) is 36.4 Å². The molecule has 0 fully saturated rings. The van der Waals surface area contributed by atoms with Crippen molar-refractivity contribution in [3.8, 4) is 11.5 Å². The first-order valence-corrected chi connectivity index (χ1v) is 9.33. The van der Waals surface area contributed by atoms with Crippen LogP contribution in [0.3, 0.4) is 0 Å². The lowest BCUT2D eigenvalue weighted by Crippen LogP contribution is -2.42. The molecule has 3 aromatic carbocycles. The maximum absolute atomic E-state index is 12.2. The molecule has 0 aliphatic heterocycles. The molecule has 7 nitrogen and oxygen atoms in total. The molecule has 0 spiro atoms. The van der Waals surface area contributed by atoms with Gasteiger partial charge in [-0.05, 0) is 29.8 Å². The Hall–Kier alpha value is -4.13. The largest absolute Gasteiger partial charge is 0.455 e. The number of carbonyl (C=O) groups excluding carboxylic acids is 3. The van der Waals surface area contributed by atoms with Gasteiger partial charge in [-0.15, -0.1) is 0 Å². The Morgan fingerprint density at radius 3 is 2.03 bits per heavy atom. The summed E-state index contributed by atoms with van der Waals surface area (Å²) in [5.41, 5.74) is 1.32. The standard InChI is InChI=1S/C23H21N3O4/c27-21(16-25-23(29)22(28)24-15-17-9-3-1-4-10-17)26-19-13-7-8-14-20(19)30-18-11-5-2-6-12-18/h1-14H,15-16H2,(H,24,28)(H,25,29)(H,26,27). The van der Waals surface area contributed by atoms with Crippen LogP contribution < -0.4 is 20.7 Å². The van der Waals surface area contributed by atoms with Crippen molar-refractivity contribution < 1.29 is 19.1 Å². The first-order chi connectivity index (χ1) is 14.6. The summed E-state index contributed by atoms with van der Waals surface area (Å²) < 4.78 is 5.78. The molecule has 3 N–H and O–H groups in total. The summed E-state index contributed by atoms with van der Waals surface area (Å²) in [6.07, 6.45) is 0. The van der Waals surface area contributed by atoms with E-state index in [9.17, 15) is 14.4 Å². The number of para-hydroxylation sites is 3. The Kier molecular flexibility index (Phi) is 7.16. The third kappa shape index (κ3) is 6.20. The molecule has 0 aromatic heterocycles. The number of anilines is 1. The fraction of sp³-hybridized carbons (Fsp3) is 0.0870. The summed E-state index contributed by atoms with van der Waals surface area (Å²) in [5.74, 6) is -1.08. The topological polar surface area (TPSA) is 96.5 Å². The molecule has 0 saturated heterocycles. The van der Waals surface area contributed by atoms with Crippen LogP contribution in [0.15, 0.2) is 84.9 Å². The summed E-state index contributed by atoms with van der Waals surface area (Å²) in [6, 6.07) is 25.3.